The van der Waals surface area contributed by atoms with E-state index in [4.69, 9.17) is 5.73 Å². The van der Waals surface area contributed by atoms with Crippen molar-refractivity contribution in [3.8, 4) is 0 Å². The Hall–Kier alpha value is -1.13. The van der Waals surface area contributed by atoms with Gasteiger partial charge in [-0.05, 0) is 46.0 Å². The predicted octanol–water partition coefficient (Wildman–Crippen LogP) is 2.38. The van der Waals surface area contributed by atoms with Gasteiger partial charge in [-0.15, -0.1) is 0 Å². The van der Waals surface area contributed by atoms with Crippen molar-refractivity contribution in [2.45, 2.75) is 31.8 Å². The van der Waals surface area contributed by atoms with Crippen LogP contribution in [-0.4, -0.2) is 38.1 Å². The van der Waals surface area contributed by atoms with E-state index in [1.54, 1.807) is 6.07 Å². The third kappa shape index (κ3) is 3.07. The van der Waals surface area contributed by atoms with E-state index in [0.717, 1.165) is 31.6 Å². The number of rotatable bonds is 4. The van der Waals surface area contributed by atoms with Crippen molar-refractivity contribution in [1.29, 1.82) is 0 Å². The van der Waals surface area contributed by atoms with Crippen molar-refractivity contribution in [2.75, 3.05) is 32.1 Å². The summed E-state index contributed by atoms with van der Waals surface area (Å²) in [5, 5.41) is 0. The SMILES string of the molecule is C[C@H](N)c1c(F)cccc1N1CCCC1CN(C)C. The molecule has 19 heavy (non-hydrogen) atoms. The Kier molecular flexibility index (Phi) is 4.42. The number of nitrogens with zero attached hydrogens (tertiary/aromatic N) is 2. The van der Waals surface area contributed by atoms with Gasteiger partial charge in [-0.1, -0.05) is 6.07 Å². The third-order valence-corrected chi connectivity index (χ3v) is 3.75. The number of benzene rings is 1. The van der Waals surface area contributed by atoms with Crippen molar-refractivity contribution in [2.24, 2.45) is 5.73 Å². The summed E-state index contributed by atoms with van der Waals surface area (Å²) in [6.07, 6.45) is 2.32. The smallest absolute Gasteiger partial charge is 0.130 e. The molecule has 2 N–H and O–H groups in total. The first-order chi connectivity index (χ1) is 9.00. The molecule has 0 spiro atoms. The molecule has 2 rings (SSSR count). The van der Waals surface area contributed by atoms with Crippen LogP contribution >= 0.6 is 0 Å². The zero-order valence-corrected chi connectivity index (χ0v) is 12.1. The van der Waals surface area contributed by atoms with Gasteiger partial charge in [0.2, 0.25) is 0 Å². The monoisotopic (exact) mass is 265 g/mol. The van der Waals surface area contributed by atoms with E-state index in [-0.39, 0.29) is 11.9 Å². The molecule has 1 aliphatic rings. The molecule has 0 amide bonds. The van der Waals surface area contributed by atoms with Crippen LogP contribution in [0.5, 0.6) is 0 Å². The largest absolute Gasteiger partial charge is 0.367 e. The third-order valence-electron chi connectivity index (χ3n) is 3.75. The molecule has 1 aromatic carbocycles. The summed E-state index contributed by atoms with van der Waals surface area (Å²) in [4.78, 5) is 4.51. The first kappa shape index (κ1) is 14.3. The molecule has 3 nitrogen and oxygen atoms in total. The average molecular weight is 265 g/mol. The zero-order chi connectivity index (χ0) is 14.0. The topological polar surface area (TPSA) is 32.5 Å². The lowest BCUT2D eigenvalue weighted by molar-refractivity contribution is 0.371. The van der Waals surface area contributed by atoms with E-state index < -0.39 is 0 Å². The fourth-order valence-corrected chi connectivity index (χ4v) is 2.99. The van der Waals surface area contributed by atoms with E-state index in [9.17, 15) is 4.39 Å². The molecule has 1 heterocycles. The maximum Gasteiger partial charge on any atom is 0.130 e. The van der Waals surface area contributed by atoms with Crippen LogP contribution < -0.4 is 10.6 Å². The summed E-state index contributed by atoms with van der Waals surface area (Å²) in [5.74, 6) is -0.192. The van der Waals surface area contributed by atoms with Crippen molar-refractivity contribution >= 4 is 5.69 Å². The second-order valence-corrected chi connectivity index (χ2v) is 5.71. The molecule has 1 unspecified atom stereocenters. The Morgan fingerprint density at radius 2 is 2.21 bits per heavy atom. The number of halogens is 1. The van der Waals surface area contributed by atoms with Crippen molar-refractivity contribution < 1.29 is 4.39 Å². The number of likely N-dealkylation sites (N-methyl/N-ethyl adjacent to an activating group) is 1. The number of hydrogen-bond donors (Lipinski definition) is 1. The van der Waals surface area contributed by atoms with Crippen LogP contribution in [0.1, 0.15) is 31.4 Å². The summed E-state index contributed by atoms with van der Waals surface area (Å²) >= 11 is 0. The van der Waals surface area contributed by atoms with Gasteiger partial charge in [-0.25, -0.2) is 4.39 Å². The number of hydrogen-bond acceptors (Lipinski definition) is 3. The minimum Gasteiger partial charge on any atom is -0.367 e. The van der Waals surface area contributed by atoms with E-state index in [0.29, 0.717) is 11.6 Å². The Labute approximate surface area is 115 Å². The molecule has 2 atom stereocenters. The van der Waals surface area contributed by atoms with Gasteiger partial charge >= 0.3 is 0 Å². The lowest BCUT2D eigenvalue weighted by atomic mass is 10.0. The first-order valence-electron chi connectivity index (χ1n) is 6.96. The normalized spacial score (nSPS) is 21.2. The molecule has 0 radical (unpaired) electrons. The van der Waals surface area contributed by atoms with Gasteiger partial charge in [-0.3, -0.25) is 0 Å². The van der Waals surface area contributed by atoms with Gasteiger partial charge in [0.15, 0.2) is 0 Å². The molecular weight excluding hydrogens is 241 g/mol. The molecule has 1 saturated heterocycles. The van der Waals surface area contributed by atoms with Crippen LogP contribution in [0.3, 0.4) is 0 Å². The van der Waals surface area contributed by atoms with Crippen molar-refractivity contribution in [3.63, 3.8) is 0 Å². The highest BCUT2D eigenvalue weighted by Gasteiger charge is 2.28. The van der Waals surface area contributed by atoms with Crippen LogP contribution in [-0.2, 0) is 0 Å². The first-order valence-corrected chi connectivity index (χ1v) is 6.96. The van der Waals surface area contributed by atoms with Crippen LogP contribution in [0.15, 0.2) is 18.2 Å². The fraction of sp³-hybridized carbons (Fsp3) is 0.600. The maximum absolute atomic E-state index is 14.0. The average Bonchev–Trinajstić information content (AvgIpc) is 2.75. The minimum absolute atomic E-state index is 0.192. The number of anilines is 1. The molecule has 0 aliphatic carbocycles. The van der Waals surface area contributed by atoms with Crippen LogP contribution in [0.25, 0.3) is 0 Å². The van der Waals surface area contributed by atoms with Gasteiger partial charge in [0.1, 0.15) is 5.82 Å². The van der Waals surface area contributed by atoms with Crippen LogP contribution in [0.2, 0.25) is 0 Å². The van der Waals surface area contributed by atoms with Crippen molar-refractivity contribution in [3.05, 3.63) is 29.6 Å². The summed E-state index contributed by atoms with van der Waals surface area (Å²) in [6.45, 7) is 3.83. The highest BCUT2D eigenvalue weighted by atomic mass is 19.1. The lowest BCUT2D eigenvalue weighted by Crippen LogP contribution is -2.38. The standard InChI is InChI=1S/C15H24FN3/c1-11(17)15-13(16)7-4-8-14(15)19-9-5-6-12(19)10-18(2)3/h4,7-8,11-12H,5-6,9-10,17H2,1-3H3/t11-,12?/m0/s1. The summed E-state index contributed by atoms with van der Waals surface area (Å²) in [5.41, 5.74) is 7.57. The Bertz CT molecular complexity index is 431. The van der Waals surface area contributed by atoms with Crippen LogP contribution in [0, 0.1) is 5.82 Å². The molecule has 0 bridgehead atoms. The van der Waals surface area contributed by atoms with E-state index in [2.05, 4.69) is 23.9 Å². The summed E-state index contributed by atoms with van der Waals surface area (Å²) in [6, 6.07) is 5.45. The van der Waals surface area contributed by atoms with E-state index >= 15 is 0 Å². The molecule has 1 aromatic rings. The molecule has 0 saturated carbocycles. The second kappa shape index (κ2) is 5.88. The van der Waals surface area contributed by atoms with Crippen LogP contribution in [0.4, 0.5) is 10.1 Å². The highest BCUT2D eigenvalue weighted by Crippen LogP contribution is 2.33. The molecule has 0 aromatic heterocycles. The minimum atomic E-state index is -0.281. The maximum atomic E-state index is 14.0. The van der Waals surface area contributed by atoms with Gasteiger partial charge in [0, 0.05) is 36.4 Å². The van der Waals surface area contributed by atoms with Gasteiger partial charge < -0.3 is 15.5 Å². The van der Waals surface area contributed by atoms with E-state index in [1.807, 2.05) is 13.0 Å². The summed E-state index contributed by atoms with van der Waals surface area (Å²) < 4.78 is 14.0. The molecule has 106 valence electrons. The molecule has 1 aliphatic heterocycles. The molecular formula is C15H24FN3. The van der Waals surface area contributed by atoms with E-state index in [1.165, 1.54) is 6.07 Å². The summed E-state index contributed by atoms with van der Waals surface area (Å²) in [7, 11) is 4.16. The Balaban J connectivity index is 2.32. The Morgan fingerprint density at radius 3 is 2.84 bits per heavy atom. The quantitative estimate of drug-likeness (QED) is 0.907. The fourth-order valence-electron chi connectivity index (χ4n) is 2.99. The van der Waals surface area contributed by atoms with Gasteiger partial charge in [0.25, 0.3) is 0 Å². The lowest BCUT2D eigenvalue weighted by Gasteiger charge is -2.31. The highest BCUT2D eigenvalue weighted by molar-refractivity contribution is 5.57. The number of nitrogens with two attached hydrogens (primary N) is 1. The zero-order valence-electron chi connectivity index (χ0n) is 12.1. The van der Waals surface area contributed by atoms with Gasteiger partial charge in [-0.2, -0.15) is 0 Å². The predicted molar refractivity (Wildman–Crippen MR) is 77.9 cm³/mol. The molecule has 1 fully saturated rings. The van der Waals surface area contributed by atoms with Crippen molar-refractivity contribution in [1.82, 2.24) is 4.90 Å². The second-order valence-electron chi connectivity index (χ2n) is 5.71. The molecule has 4 heteroatoms. The Morgan fingerprint density at radius 1 is 1.47 bits per heavy atom. The van der Waals surface area contributed by atoms with Gasteiger partial charge in [0.05, 0.1) is 0 Å².